The SMILES string of the molecule is Cc1cccc(-c2ccc3c(-c4ccc(-c5ccc6c(c5)c5cc(C(C)(C)C)ccc5n6-c5ccccc5)cc4)c4cc(-c5cccc(C)c5)ccc4c(-c4ccc(-c5ccc6c(c5)c5cc(C(C)(C)C)ccc5n6-c5ccccc5)cc4)c3c2)c1. The summed E-state index contributed by atoms with van der Waals surface area (Å²) in [6, 6.07) is 101. The van der Waals surface area contributed by atoms with Crippen LogP contribution in [-0.2, 0) is 10.8 Å². The van der Waals surface area contributed by atoms with E-state index >= 15 is 0 Å². The van der Waals surface area contributed by atoms with Gasteiger partial charge in [-0.15, -0.1) is 0 Å². The molecule has 0 saturated carbocycles. The van der Waals surface area contributed by atoms with Crippen LogP contribution in [0.4, 0.5) is 0 Å². The highest BCUT2D eigenvalue weighted by Gasteiger charge is 2.23. The second-order valence-corrected chi connectivity index (χ2v) is 25.9. The molecule has 2 aromatic heterocycles. The monoisotopic (exact) mass is 1100 g/mol. The Morgan fingerprint density at radius 3 is 0.895 bits per heavy atom. The van der Waals surface area contributed by atoms with E-state index in [-0.39, 0.29) is 10.8 Å². The molecular formula is C84H68N2. The molecule has 0 radical (unpaired) electrons. The first-order chi connectivity index (χ1) is 41.7. The van der Waals surface area contributed by atoms with Gasteiger partial charge in [-0.1, -0.05) is 235 Å². The molecule has 0 aliphatic carbocycles. The molecule has 0 amide bonds. The normalized spacial score (nSPS) is 12.2. The number of benzene rings is 13. The molecule has 13 aromatic carbocycles. The molecule has 2 nitrogen and oxygen atoms in total. The van der Waals surface area contributed by atoms with E-state index in [1.54, 1.807) is 0 Å². The maximum absolute atomic E-state index is 2.45. The van der Waals surface area contributed by atoms with E-state index in [1.807, 2.05) is 0 Å². The van der Waals surface area contributed by atoms with Gasteiger partial charge in [0, 0.05) is 32.9 Å². The van der Waals surface area contributed by atoms with E-state index in [0.29, 0.717) is 0 Å². The Kier molecular flexibility index (Phi) is 12.5. The van der Waals surface area contributed by atoms with Crippen LogP contribution in [0.25, 0.3) is 143 Å². The highest BCUT2D eigenvalue weighted by molar-refractivity contribution is 6.23. The third-order valence-electron chi connectivity index (χ3n) is 18.1. The third kappa shape index (κ3) is 9.11. The zero-order chi connectivity index (χ0) is 58.6. The lowest BCUT2D eigenvalue weighted by Gasteiger charge is -2.20. The van der Waals surface area contributed by atoms with Crippen LogP contribution in [-0.4, -0.2) is 9.13 Å². The number of aromatic nitrogens is 2. The van der Waals surface area contributed by atoms with Gasteiger partial charge in [0.05, 0.1) is 22.1 Å². The van der Waals surface area contributed by atoms with Crippen molar-refractivity contribution in [2.75, 3.05) is 0 Å². The van der Waals surface area contributed by atoms with Crippen molar-refractivity contribution >= 4 is 65.2 Å². The van der Waals surface area contributed by atoms with Gasteiger partial charge in [0.1, 0.15) is 0 Å². The van der Waals surface area contributed by atoms with Crippen LogP contribution >= 0.6 is 0 Å². The second-order valence-electron chi connectivity index (χ2n) is 25.9. The lowest BCUT2D eigenvalue weighted by atomic mass is 9.83. The molecule has 0 fully saturated rings. The van der Waals surface area contributed by atoms with Crippen LogP contribution < -0.4 is 0 Å². The van der Waals surface area contributed by atoms with Crippen LogP contribution in [0, 0.1) is 13.8 Å². The molecule has 0 atom stereocenters. The number of hydrogen-bond acceptors (Lipinski definition) is 0. The summed E-state index contributed by atoms with van der Waals surface area (Å²) in [5.74, 6) is 0. The number of rotatable bonds is 8. The van der Waals surface area contributed by atoms with Gasteiger partial charge in [-0.3, -0.25) is 0 Å². The lowest BCUT2D eigenvalue weighted by molar-refractivity contribution is 0.591. The van der Waals surface area contributed by atoms with Crippen LogP contribution in [0.3, 0.4) is 0 Å². The van der Waals surface area contributed by atoms with Gasteiger partial charge in [0.2, 0.25) is 0 Å². The molecule has 0 aliphatic rings. The largest absolute Gasteiger partial charge is 0.309 e. The topological polar surface area (TPSA) is 9.86 Å². The zero-order valence-electron chi connectivity index (χ0n) is 50.3. The van der Waals surface area contributed by atoms with E-state index in [4.69, 9.17) is 0 Å². The third-order valence-corrected chi connectivity index (χ3v) is 18.1. The molecule has 0 unspecified atom stereocenters. The quantitative estimate of drug-likeness (QED) is 0.134. The van der Waals surface area contributed by atoms with E-state index in [0.717, 1.165) is 0 Å². The van der Waals surface area contributed by atoms with Gasteiger partial charge in [-0.25, -0.2) is 0 Å². The number of nitrogens with zero attached hydrogens (tertiary/aromatic N) is 2. The van der Waals surface area contributed by atoms with E-state index in [9.17, 15) is 0 Å². The zero-order valence-corrected chi connectivity index (χ0v) is 50.3. The van der Waals surface area contributed by atoms with Gasteiger partial charge in [0.15, 0.2) is 0 Å². The van der Waals surface area contributed by atoms with E-state index in [1.165, 1.54) is 166 Å². The highest BCUT2D eigenvalue weighted by Crippen LogP contribution is 2.48. The summed E-state index contributed by atoms with van der Waals surface area (Å²) in [7, 11) is 0. The summed E-state index contributed by atoms with van der Waals surface area (Å²) >= 11 is 0. The predicted octanol–water partition coefficient (Wildman–Crippen LogP) is 23.4. The summed E-state index contributed by atoms with van der Waals surface area (Å²) in [6.07, 6.45) is 0. The molecule has 0 saturated heterocycles. The molecule has 414 valence electrons. The molecule has 2 heteroatoms. The lowest BCUT2D eigenvalue weighted by Crippen LogP contribution is -2.10. The van der Waals surface area contributed by atoms with Gasteiger partial charge < -0.3 is 9.13 Å². The smallest absolute Gasteiger partial charge is 0.0541 e. The fraction of sp³-hybridized carbons (Fsp3) is 0.119. The van der Waals surface area contributed by atoms with Crippen molar-refractivity contribution in [3.05, 3.63) is 289 Å². The average molecular weight is 1110 g/mol. The molecular weight excluding hydrogens is 1040 g/mol. The van der Waals surface area contributed by atoms with Crippen LogP contribution in [0.15, 0.2) is 267 Å². The Morgan fingerprint density at radius 2 is 0.523 bits per heavy atom. The second kappa shape index (κ2) is 20.4. The van der Waals surface area contributed by atoms with Crippen molar-refractivity contribution in [2.24, 2.45) is 0 Å². The molecule has 15 rings (SSSR count). The first-order valence-corrected chi connectivity index (χ1v) is 30.4. The van der Waals surface area contributed by atoms with Crippen molar-refractivity contribution in [1.82, 2.24) is 9.13 Å². The number of hydrogen-bond donors (Lipinski definition) is 0. The Balaban J connectivity index is 0.905. The van der Waals surface area contributed by atoms with Gasteiger partial charge >= 0.3 is 0 Å². The van der Waals surface area contributed by atoms with Crippen molar-refractivity contribution < 1.29 is 0 Å². The summed E-state index contributed by atoms with van der Waals surface area (Å²) in [5.41, 5.74) is 26.8. The van der Waals surface area contributed by atoms with Crippen LogP contribution in [0.1, 0.15) is 63.8 Å². The van der Waals surface area contributed by atoms with Gasteiger partial charge in [-0.2, -0.15) is 0 Å². The Labute approximate surface area is 504 Å². The van der Waals surface area contributed by atoms with Crippen molar-refractivity contribution in [1.29, 1.82) is 0 Å². The first kappa shape index (κ1) is 52.8. The predicted molar refractivity (Wildman–Crippen MR) is 370 cm³/mol. The molecule has 0 spiro atoms. The molecule has 15 aromatic rings. The molecule has 0 bridgehead atoms. The minimum absolute atomic E-state index is 0.0183. The van der Waals surface area contributed by atoms with E-state index in [2.05, 4.69) is 331 Å². The highest BCUT2D eigenvalue weighted by atomic mass is 15.0. The molecule has 2 heterocycles. The fourth-order valence-electron chi connectivity index (χ4n) is 13.6. The van der Waals surface area contributed by atoms with E-state index < -0.39 is 0 Å². The summed E-state index contributed by atoms with van der Waals surface area (Å²) < 4.78 is 4.84. The maximum atomic E-state index is 2.45. The summed E-state index contributed by atoms with van der Waals surface area (Å²) in [4.78, 5) is 0. The maximum Gasteiger partial charge on any atom is 0.0541 e. The summed E-state index contributed by atoms with van der Waals surface area (Å²) in [5, 5.41) is 9.97. The minimum Gasteiger partial charge on any atom is -0.309 e. The molecule has 0 aliphatic heterocycles. The number of fused-ring (bicyclic) bond motifs is 8. The van der Waals surface area contributed by atoms with Crippen LogP contribution in [0.5, 0.6) is 0 Å². The van der Waals surface area contributed by atoms with Crippen LogP contribution in [0.2, 0.25) is 0 Å². The van der Waals surface area contributed by atoms with Gasteiger partial charge in [0.25, 0.3) is 0 Å². The average Bonchev–Trinajstić information content (AvgIpc) is 1.23. The number of para-hydroxylation sites is 2. The Bertz CT molecular complexity index is 4830. The first-order valence-electron chi connectivity index (χ1n) is 30.4. The molecule has 0 N–H and O–H groups in total. The Morgan fingerprint density at radius 1 is 0.221 bits per heavy atom. The number of aryl methyl sites for hydroxylation is 2. The Hall–Kier alpha value is -10.0. The molecule has 86 heavy (non-hydrogen) atoms. The fourth-order valence-corrected chi connectivity index (χ4v) is 13.6. The minimum atomic E-state index is 0.0183. The van der Waals surface area contributed by atoms with Crippen molar-refractivity contribution in [3.63, 3.8) is 0 Å². The van der Waals surface area contributed by atoms with Crippen molar-refractivity contribution in [3.8, 4) is 78.1 Å². The van der Waals surface area contributed by atoms with Gasteiger partial charge in [-0.05, 0) is 209 Å². The summed E-state index contributed by atoms with van der Waals surface area (Å²) in [6.45, 7) is 18.2. The van der Waals surface area contributed by atoms with Crippen molar-refractivity contribution in [2.45, 2.75) is 66.2 Å². The standard InChI is InChI=1S/C84H68N2/c1-53-17-15-19-59(45-53)63-33-39-69-75(49-63)81(57-29-25-55(26-30-57)61-35-41-77-71(47-61)73-51-65(83(3,4)5)37-43-79(73)85(77)67-21-11-9-12-22-67)70-40-34-64(60-20-16-18-54(2)46-60)50-76(70)82(69)58-31-27-56(28-32-58)62-36-42-78-72(48-62)74-52-66(84(6,7)8)38-44-80(74)86(78)68-23-13-10-14-24-68/h9-52H,1-8H3.